The molecule has 14 nitrogen and oxygen atoms in total. The molecule has 0 atom stereocenters. The van der Waals surface area contributed by atoms with Gasteiger partial charge < -0.3 is 30.0 Å². The molecule has 0 fully saturated rings. The highest BCUT2D eigenvalue weighted by Crippen LogP contribution is 2.31. The molecular formula is C31H35N9O5. The molecule has 0 spiro atoms. The zero-order chi connectivity index (χ0) is 32.1. The maximum Gasteiger partial charge on any atom is 0.276 e. The Morgan fingerprint density at radius 1 is 1.04 bits per heavy atom. The Balaban J connectivity index is 1.46. The SMILES string of the molecule is CCn1nc(C)cc1C(=O)Nc1nc2cc(C(N)=O)ccc2n1C/C=C/Cn1c(NC)nc2cc(C=O)cc(OCCCO)c21. The number of aldehydes is 1. The molecule has 5 N–H and O–H groups in total. The average molecular weight is 614 g/mol. The fourth-order valence-electron chi connectivity index (χ4n) is 5.10. The number of aliphatic hydroxyl groups is 1. The van der Waals surface area contributed by atoms with E-state index in [4.69, 9.17) is 10.5 Å². The lowest BCUT2D eigenvalue weighted by Crippen LogP contribution is -2.19. The number of carbonyl (C=O) groups excluding carboxylic acids is 3. The molecular weight excluding hydrogens is 578 g/mol. The number of imidazole rings is 2. The Hall–Kier alpha value is -5.50. The Morgan fingerprint density at radius 3 is 2.49 bits per heavy atom. The van der Waals surface area contributed by atoms with Gasteiger partial charge in [0, 0.05) is 50.8 Å². The molecule has 0 unspecified atom stereocenters. The van der Waals surface area contributed by atoms with Gasteiger partial charge in [0.05, 0.1) is 28.9 Å². The second kappa shape index (κ2) is 13.4. The van der Waals surface area contributed by atoms with Crippen molar-refractivity contribution in [2.45, 2.75) is 39.9 Å². The summed E-state index contributed by atoms with van der Waals surface area (Å²) in [4.78, 5) is 45.9. The van der Waals surface area contributed by atoms with Crippen LogP contribution in [0.5, 0.6) is 5.75 Å². The van der Waals surface area contributed by atoms with E-state index in [2.05, 4.69) is 25.7 Å². The monoisotopic (exact) mass is 613 g/mol. The summed E-state index contributed by atoms with van der Waals surface area (Å²) in [7, 11) is 1.76. The molecule has 0 saturated heterocycles. The number of nitrogens with one attached hydrogen (secondary N) is 2. The summed E-state index contributed by atoms with van der Waals surface area (Å²) in [6.45, 7) is 5.26. The lowest BCUT2D eigenvalue weighted by atomic mass is 10.2. The minimum Gasteiger partial charge on any atom is -0.491 e. The van der Waals surface area contributed by atoms with Crippen molar-refractivity contribution in [2.75, 3.05) is 30.9 Å². The number of benzene rings is 2. The van der Waals surface area contributed by atoms with Crippen molar-refractivity contribution in [3.8, 4) is 5.75 Å². The second-order valence-electron chi connectivity index (χ2n) is 10.3. The van der Waals surface area contributed by atoms with Gasteiger partial charge in [-0.15, -0.1) is 0 Å². The first-order chi connectivity index (χ1) is 21.8. The number of aliphatic hydroxyl groups excluding tert-OH is 1. The van der Waals surface area contributed by atoms with Crippen LogP contribution >= 0.6 is 0 Å². The minimum absolute atomic E-state index is 0.0165. The summed E-state index contributed by atoms with van der Waals surface area (Å²) in [6.07, 6.45) is 5.05. The number of hydrogen-bond acceptors (Lipinski definition) is 9. The topological polar surface area (TPSA) is 184 Å². The number of anilines is 2. The fraction of sp³-hybridized carbons (Fsp3) is 0.290. The van der Waals surface area contributed by atoms with Crippen molar-refractivity contribution in [2.24, 2.45) is 5.73 Å². The first kappa shape index (κ1) is 30.9. The quantitative estimate of drug-likeness (QED) is 0.0830. The van der Waals surface area contributed by atoms with Crippen LogP contribution < -0.4 is 21.1 Å². The van der Waals surface area contributed by atoms with E-state index in [9.17, 15) is 19.5 Å². The lowest BCUT2D eigenvalue weighted by molar-refractivity contribution is 0.0995. The number of aromatic nitrogens is 6. The van der Waals surface area contributed by atoms with E-state index < -0.39 is 5.91 Å². The maximum atomic E-state index is 13.3. The smallest absolute Gasteiger partial charge is 0.276 e. The van der Waals surface area contributed by atoms with Crippen LogP contribution in [0.4, 0.5) is 11.9 Å². The molecule has 5 rings (SSSR count). The number of fused-ring (bicyclic) bond motifs is 2. The summed E-state index contributed by atoms with van der Waals surface area (Å²) in [5.74, 6) is 0.426. The van der Waals surface area contributed by atoms with Crippen LogP contribution in [-0.4, -0.2) is 72.4 Å². The lowest BCUT2D eigenvalue weighted by Gasteiger charge is -2.12. The van der Waals surface area contributed by atoms with Crippen LogP contribution in [0.25, 0.3) is 22.1 Å². The van der Waals surface area contributed by atoms with Crippen molar-refractivity contribution in [1.82, 2.24) is 28.9 Å². The predicted molar refractivity (Wildman–Crippen MR) is 170 cm³/mol. The second-order valence-corrected chi connectivity index (χ2v) is 10.3. The van der Waals surface area contributed by atoms with Crippen LogP contribution in [0, 0.1) is 6.92 Å². The van der Waals surface area contributed by atoms with Gasteiger partial charge in [0.2, 0.25) is 17.8 Å². The number of nitrogens with zero attached hydrogens (tertiary/aromatic N) is 6. The van der Waals surface area contributed by atoms with Crippen molar-refractivity contribution in [1.29, 1.82) is 0 Å². The molecule has 5 aromatic rings. The van der Waals surface area contributed by atoms with E-state index in [-0.39, 0.29) is 19.1 Å². The van der Waals surface area contributed by atoms with Gasteiger partial charge in [0.15, 0.2) is 0 Å². The largest absolute Gasteiger partial charge is 0.491 e. The van der Waals surface area contributed by atoms with Gasteiger partial charge in [-0.3, -0.25) is 24.4 Å². The zero-order valence-electron chi connectivity index (χ0n) is 25.3. The van der Waals surface area contributed by atoms with Crippen LogP contribution in [0.3, 0.4) is 0 Å². The molecule has 3 heterocycles. The summed E-state index contributed by atoms with van der Waals surface area (Å²) in [5.41, 5.74) is 9.86. The van der Waals surface area contributed by atoms with Crippen molar-refractivity contribution >= 4 is 52.1 Å². The fourth-order valence-corrected chi connectivity index (χ4v) is 5.10. The first-order valence-corrected chi connectivity index (χ1v) is 14.5. The van der Waals surface area contributed by atoms with Crippen LogP contribution in [0.15, 0.2) is 48.6 Å². The minimum atomic E-state index is -0.577. The molecule has 45 heavy (non-hydrogen) atoms. The molecule has 0 saturated carbocycles. The van der Waals surface area contributed by atoms with Gasteiger partial charge in [-0.05, 0) is 50.2 Å². The number of amides is 2. The molecule has 0 bridgehead atoms. The number of rotatable bonds is 14. The molecule has 0 aliphatic heterocycles. The Bertz CT molecular complexity index is 1920. The number of primary amides is 1. The van der Waals surface area contributed by atoms with Crippen LogP contribution in [-0.2, 0) is 19.6 Å². The molecule has 2 amide bonds. The van der Waals surface area contributed by atoms with Gasteiger partial charge in [-0.25, -0.2) is 9.97 Å². The molecule has 0 aliphatic carbocycles. The predicted octanol–water partition coefficient (Wildman–Crippen LogP) is 3.13. The number of ether oxygens (including phenoxy) is 1. The Morgan fingerprint density at radius 2 is 1.80 bits per heavy atom. The summed E-state index contributed by atoms with van der Waals surface area (Å²) < 4.78 is 11.3. The number of hydrogen-bond donors (Lipinski definition) is 4. The van der Waals surface area contributed by atoms with Crippen molar-refractivity contribution in [3.63, 3.8) is 0 Å². The van der Waals surface area contributed by atoms with Gasteiger partial charge in [-0.1, -0.05) is 12.2 Å². The Labute approximate surface area is 258 Å². The highest BCUT2D eigenvalue weighted by molar-refractivity contribution is 6.03. The van der Waals surface area contributed by atoms with E-state index in [1.54, 1.807) is 48.1 Å². The third-order valence-electron chi connectivity index (χ3n) is 7.18. The summed E-state index contributed by atoms with van der Waals surface area (Å²) >= 11 is 0. The number of aryl methyl sites for hydroxylation is 2. The van der Waals surface area contributed by atoms with E-state index in [0.717, 1.165) is 12.0 Å². The maximum absolute atomic E-state index is 13.3. The van der Waals surface area contributed by atoms with E-state index >= 15 is 0 Å². The summed E-state index contributed by atoms with van der Waals surface area (Å²) in [6, 6.07) is 10.0. The van der Waals surface area contributed by atoms with Crippen molar-refractivity contribution < 1.29 is 24.2 Å². The summed E-state index contributed by atoms with van der Waals surface area (Å²) in [5, 5.41) is 19.6. The molecule has 14 heteroatoms. The van der Waals surface area contributed by atoms with E-state index in [1.807, 2.05) is 35.1 Å². The molecule has 234 valence electrons. The molecule has 0 aliphatic rings. The molecule has 2 aromatic carbocycles. The standard InChI is InChI=1S/C31H35N9O5/c1-4-40-25(14-19(2)37-40)29(44)36-31-34-22-17-21(28(32)43)8-9-24(22)38(31)10-5-6-11-39-27-23(35-30(39)33-3)15-20(18-42)16-26(27)45-13-7-12-41/h5-6,8-9,14-18,41H,4,7,10-13H2,1-3H3,(H2,32,43)(H,33,35)(H,34,36,44)/b6-5+. The normalized spacial score (nSPS) is 11.5. The molecule has 3 aromatic heterocycles. The van der Waals surface area contributed by atoms with Gasteiger partial charge in [-0.2, -0.15) is 5.10 Å². The van der Waals surface area contributed by atoms with Gasteiger partial charge in [0.25, 0.3) is 5.91 Å². The highest BCUT2D eigenvalue weighted by Gasteiger charge is 2.19. The molecule has 0 radical (unpaired) electrons. The van der Waals surface area contributed by atoms with Crippen LogP contribution in [0.1, 0.15) is 50.2 Å². The number of carbonyl (C=O) groups is 3. The van der Waals surface area contributed by atoms with E-state index in [0.29, 0.717) is 82.6 Å². The Kier molecular flexibility index (Phi) is 9.23. The average Bonchev–Trinajstić information content (AvgIpc) is 3.70. The first-order valence-electron chi connectivity index (χ1n) is 14.5. The highest BCUT2D eigenvalue weighted by atomic mass is 16.5. The number of nitrogens with two attached hydrogens (primary N) is 1. The third-order valence-corrected chi connectivity index (χ3v) is 7.18. The number of allylic oxidation sites excluding steroid dienone is 2. The third kappa shape index (κ3) is 6.40. The van der Waals surface area contributed by atoms with Gasteiger partial charge >= 0.3 is 0 Å². The van der Waals surface area contributed by atoms with E-state index in [1.165, 1.54) is 0 Å². The van der Waals surface area contributed by atoms with Gasteiger partial charge in [0.1, 0.15) is 23.2 Å². The van der Waals surface area contributed by atoms with Crippen molar-refractivity contribution in [3.05, 3.63) is 71.1 Å². The zero-order valence-corrected chi connectivity index (χ0v) is 25.3. The van der Waals surface area contributed by atoms with Crippen LogP contribution in [0.2, 0.25) is 0 Å².